The molecule has 0 saturated carbocycles. The van der Waals surface area contributed by atoms with Crippen LogP contribution in [0.25, 0.3) is 32.7 Å². The molecule has 0 bridgehead atoms. The van der Waals surface area contributed by atoms with E-state index in [9.17, 15) is 0 Å². The van der Waals surface area contributed by atoms with Crippen LogP contribution in [0.15, 0.2) is 174 Å². The Labute approximate surface area is 301 Å². The van der Waals surface area contributed by atoms with Gasteiger partial charge in [0.2, 0.25) is 0 Å². The highest BCUT2D eigenvalue weighted by atomic mass is 32.2. The first-order valence-electron chi connectivity index (χ1n) is 17.3. The third-order valence-electron chi connectivity index (χ3n) is 10.3. The summed E-state index contributed by atoms with van der Waals surface area (Å²) >= 11 is 1.76. The lowest BCUT2D eigenvalue weighted by Crippen LogP contribution is -2.25. The summed E-state index contributed by atoms with van der Waals surface area (Å²) in [5.41, 5.74) is 7.39. The van der Waals surface area contributed by atoms with E-state index in [4.69, 9.17) is 9.47 Å². The van der Waals surface area contributed by atoms with E-state index in [0.717, 1.165) is 66.5 Å². The molecule has 0 amide bonds. The van der Waals surface area contributed by atoms with E-state index in [1.807, 2.05) is 12.1 Å². The van der Waals surface area contributed by atoms with E-state index < -0.39 is 0 Å². The van der Waals surface area contributed by atoms with Gasteiger partial charge in [-0.2, -0.15) is 0 Å². The Hall–Kier alpha value is -5.97. The molecule has 2 aliphatic rings. The highest BCUT2D eigenvalue weighted by Gasteiger charge is 2.36. The monoisotopic (exact) mass is 675 g/mol. The maximum atomic E-state index is 6.84. The molecule has 2 aliphatic heterocycles. The van der Waals surface area contributed by atoms with Crippen molar-refractivity contribution >= 4 is 50.4 Å². The molecule has 8 aromatic carbocycles. The van der Waals surface area contributed by atoms with Gasteiger partial charge in [-0.3, -0.25) is 0 Å². The highest BCUT2D eigenvalue weighted by molar-refractivity contribution is 7.99. The van der Waals surface area contributed by atoms with Crippen molar-refractivity contribution in [3.8, 4) is 34.1 Å². The number of hydrogen-bond donors (Lipinski definition) is 0. The van der Waals surface area contributed by atoms with Crippen molar-refractivity contribution in [3.05, 3.63) is 175 Å². The zero-order valence-electron chi connectivity index (χ0n) is 28.3. The Bertz CT molecular complexity index is 2660. The smallest absolute Gasteiger partial charge is 0.155 e. The van der Waals surface area contributed by atoms with Crippen molar-refractivity contribution in [3.63, 3.8) is 0 Å². The molecular weight excluding hydrogens is 643 g/mol. The maximum absolute atomic E-state index is 6.84. The van der Waals surface area contributed by atoms with Gasteiger partial charge in [-0.05, 0) is 93.8 Å². The third kappa shape index (κ3) is 4.90. The minimum atomic E-state index is -0.235. The van der Waals surface area contributed by atoms with Crippen LogP contribution >= 0.6 is 11.8 Å². The minimum Gasteiger partial charge on any atom is -0.455 e. The first-order valence-corrected chi connectivity index (χ1v) is 18.1. The second-order valence-corrected chi connectivity index (χ2v) is 14.9. The number of fused-ring (bicyclic) bond motifs is 6. The van der Waals surface area contributed by atoms with E-state index in [2.05, 4.69) is 170 Å². The van der Waals surface area contributed by atoms with E-state index in [-0.39, 0.29) is 5.41 Å². The van der Waals surface area contributed by atoms with Crippen LogP contribution in [0.1, 0.15) is 25.0 Å². The molecule has 0 fully saturated rings. The largest absolute Gasteiger partial charge is 0.455 e. The van der Waals surface area contributed by atoms with Crippen LogP contribution in [0, 0.1) is 0 Å². The first-order chi connectivity index (χ1) is 25.0. The van der Waals surface area contributed by atoms with Crippen molar-refractivity contribution in [1.29, 1.82) is 0 Å². The van der Waals surface area contributed by atoms with E-state index >= 15 is 0 Å². The van der Waals surface area contributed by atoms with Crippen LogP contribution in [0.4, 0.5) is 17.1 Å². The normalized spacial score (nSPS) is 13.7. The summed E-state index contributed by atoms with van der Waals surface area (Å²) < 4.78 is 13.4. The number of hydrogen-bond acceptors (Lipinski definition) is 4. The second-order valence-electron chi connectivity index (χ2n) is 13.8. The van der Waals surface area contributed by atoms with Crippen molar-refractivity contribution in [2.24, 2.45) is 0 Å². The molecule has 10 rings (SSSR count). The summed E-state index contributed by atoms with van der Waals surface area (Å²) in [6, 6.07) is 58.3. The lowest BCUT2D eigenvalue weighted by atomic mass is 9.75. The minimum absolute atomic E-state index is 0.235. The van der Waals surface area contributed by atoms with Gasteiger partial charge in [0.1, 0.15) is 17.2 Å². The molecule has 0 aromatic heterocycles. The van der Waals surface area contributed by atoms with Crippen LogP contribution < -0.4 is 14.4 Å². The summed E-state index contributed by atoms with van der Waals surface area (Å²) in [4.78, 5) is 4.59. The fourth-order valence-corrected chi connectivity index (χ4v) is 8.67. The van der Waals surface area contributed by atoms with Crippen LogP contribution in [-0.2, 0) is 5.41 Å². The van der Waals surface area contributed by atoms with Crippen molar-refractivity contribution in [2.75, 3.05) is 4.90 Å². The molecule has 8 aromatic rings. The van der Waals surface area contributed by atoms with Crippen molar-refractivity contribution in [2.45, 2.75) is 29.1 Å². The average molecular weight is 676 g/mol. The summed E-state index contributed by atoms with van der Waals surface area (Å²) in [5.74, 6) is 3.58. The Balaban J connectivity index is 1.13. The standard InChI is InChI=1S/C47H33NO2S/c1-47(2)38-14-5-6-17-41(38)49-46-39(47)15-10-16-40(46)48(36-26-23-33-27-31-11-3-4-12-32(31)28-34(33)29-36)35-24-21-30(22-25-35)37-13-9-20-44-45(37)50-42-18-7-8-19-43(42)51-44/h3-29H,1-2H3. The van der Waals surface area contributed by atoms with E-state index in [1.54, 1.807) is 11.8 Å². The number of para-hydroxylation sites is 4. The third-order valence-corrected chi connectivity index (χ3v) is 11.4. The van der Waals surface area contributed by atoms with Crippen molar-refractivity contribution in [1.82, 2.24) is 0 Å². The summed E-state index contributed by atoms with van der Waals surface area (Å²) in [6.07, 6.45) is 0. The predicted molar refractivity (Wildman–Crippen MR) is 211 cm³/mol. The topological polar surface area (TPSA) is 21.7 Å². The Morgan fingerprint density at radius 2 is 1.10 bits per heavy atom. The zero-order chi connectivity index (χ0) is 34.1. The van der Waals surface area contributed by atoms with Crippen LogP contribution in [-0.4, -0.2) is 0 Å². The molecule has 0 atom stereocenters. The SMILES string of the molecule is CC1(C)c2ccccc2Oc2c(N(c3ccc(-c4cccc5c4Oc4ccccc4S5)cc3)c3ccc4cc5ccccc5cc4c3)cccc21. The Kier molecular flexibility index (Phi) is 6.77. The molecule has 3 nitrogen and oxygen atoms in total. The van der Waals surface area contributed by atoms with E-state index in [1.165, 1.54) is 27.1 Å². The summed E-state index contributed by atoms with van der Waals surface area (Å²) in [5, 5.41) is 4.87. The van der Waals surface area contributed by atoms with Crippen LogP contribution in [0.5, 0.6) is 23.0 Å². The number of benzene rings is 8. The molecule has 51 heavy (non-hydrogen) atoms. The lowest BCUT2D eigenvalue weighted by Gasteiger charge is -2.37. The quantitative estimate of drug-likeness (QED) is 0.173. The molecule has 0 saturated heterocycles. The van der Waals surface area contributed by atoms with Gasteiger partial charge in [-0.25, -0.2) is 0 Å². The average Bonchev–Trinajstić information content (AvgIpc) is 3.17. The van der Waals surface area contributed by atoms with Gasteiger partial charge in [0.05, 0.1) is 15.5 Å². The molecule has 0 radical (unpaired) electrons. The maximum Gasteiger partial charge on any atom is 0.155 e. The molecule has 0 aliphatic carbocycles. The fraction of sp³-hybridized carbons (Fsp3) is 0.0638. The second kappa shape index (κ2) is 11.5. The van der Waals surface area contributed by atoms with Gasteiger partial charge in [-0.15, -0.1) is 0 Å². The number of rotatable bonds is 4. The number of anilines is 3. The fourth-order valence-electron chi connectivity index (χ4n) is 7.69. The Morgan fingerprint density at radius 3 is 1.94 bits per heavy atom. The lowest BCUT2D eigenvalue weighted by molar-refractivity contribution is 0.419. The van der Waals surface area contributed by atoms with Crippen LogP contribution in [0.3, 0.4) is 0 Å². The van der Waals surface area contributed by atoms with Gasteiger partial charge in [0, 0.05) is 33.5 Å². The molecule has 4 heteroatoms. The summed E-state index contributed by atoms with van der Waals surface area (Å²) in [6.45, 7) is 4.58. The van der Waals surface area contributed by atoms with Crippen LogP contribution in [0.2, 0.25) is 0 Å². The molecule has 0 N–H and O–H groups in total. The Morgan fingerprint density at radius 1 is 0.471 bits per heavy atom. The predicted octanol–water partition coefficient (Wildman–Crippen LogP) is 13.8. The van der Waals surface area contributed by atoms with Gasteiger partial charge in [0.15, 0.2) is 5.75 Å². The zero-order valence-corrected chi connectivity index (χ0v) is 29.1. The molecule has 2 heterocycles. The van der Waals surface area contributed by atoms with Gasteiger partial charge >= 0.3 is 0 Å². The molecule has 0 spiro atoms. The van der Waals surface area contributed by atoms with Gasteiger partial charge in [0.25, 0.3) is 0 Å². The van der Waals surface area contributed by atoms with Gasteiger partial charge < -0.3 is 14.4 Å². The van der Waals surface area contributed by atoms with E-state index in [0.29, 0.717) is 0 Å². The number of nitrogens with zero attached hydrogens (tertiary/aromatic N) is 1. The van der Waals surface area contributed by atoms with Crippen molar-refractivity contribution < 1.29 is 9.47 Å². The molecule has 0 unspecified atom stereocenters. The van der Waals surface area contributed by atoms with Gasteiger partial charge in [-0.1, -0.05) is 123 Å². The molecular formula is C47H33NO2S. The molecule has 244 valence electrons. The highest BCUT2D eigenvalue weighted by Crippen LogP contribution is 2.54. The summed E-state index contributed by atoms with van der Waals surface area (Å²) in [7, 11) is 0. The first kappa shape index (κ1) is 29.9. The number of ether oxygens (including phenoxy) is 2.